The van der Waals surface area contributed by atoms with Crippen LogP contribution in [0.25, 0.3) is 0 Å². The Kier molecular flexibility index (Phi) is 11.1. The molecular weight excluding hydrogens is 510 g/mol. The molecule has 39 heavy (non-hydrogen) atoms. The lowest BCUT2D eigenvalue weighted by Gasteiger charge is -2.41. The summed E-state index contributed by atoms with van der Waals surface area (Å²) >= 11 is 0. The van der Waals surface area contributed by atoms with Gasteiger partial charge < -0.3 is 28.7 Å². The maximum Gasteiger partial charge on any atom is 0.412 e. The molecule has 2 saturated heterocycles. The van der Waals surface area contributed by atoms with Crippen LogP contribution >= 0.6 is 0 Å². The second-order valence-corrected chi connectivity index (χ2v) is 9.69. The molecule has 0 spiro atoms. The van der Waals surface area contributed by atoms with Crippen molar-refractivity contribution in [2.75, 3.05) is 59.3 Å². The molecule has 2 heterocycles. The first-order valence-corrected chi connectivity index (χ1v) is 13.2. The number of esters is 2. The Morgan fingerprint density at radius 2 is 1.64 bits per heavy atom. The third kappa shape index (κ3) is 8.95. The zero-order valence-electron chi connectivity index (χ0n) is 22.8. The van der Waals surface area contributed by atoms with Gasteiger partial charge in [0.1, 0.15) is 5.75 Å². The van der Waals surface area contributed by atoms with E-state index in [1.807, 2.05) is 0 Å². The van der Waals surface area contributed by atoms with Gasteiger partial charge in [-0.1, -0.05) is 13.8 Å². The smallest absolute Gasteiger partial charge is 0.412 e. The van der Waals surface area contributed by atoms with Crippen LogP contribution in [0.2, 0.25) is 0 Å². The summed E-state index contributed by atoms with van der Waals surface area (Å²) in [4.78, 5) is 65.9. The van der Waals surface area contributed by atoms with Crippen molar-refractivity contribution in [2.45, 2.75) is 39.7 Å². The Labute approximate surface area is 228 Å². The van der Waals surface area contributed by atoms with Gasteiger partial charge in [0.25, 0.3) is 0 Å². The van der Waals surface area contributed by atoms with Crippen molar-refractivity contribution in [2.24, 2.45) is 5.92 Å². The number of ether oxygens (including phenoxy) is 4. The van der Waals surface area contributed by atoms with E-state index in [1.54, 1.807) is 54.8 Å². The number of nitrogens with zero attached hydrogens (tertiary/aromatic N) is 3. The average molecular weight is 548 g/mol. The van der Waals surface area contributed by atoms with E-state index in [1.165, 1.54) is 0 Å². The van der Waals surface area contributed by atoms with Gasteiger partial charge in [0.05, 0.1) is 25.6 Å². The molecule has 3 rings (SSSR count). The van der Waals surface area contributed by atoms with Gasteiger partial charge in [-0.3, -0.25) is 19.3 Å². The number of Topliss-reactive ketones (excluding diaryl/α,β-unsaturated/α-hetero) is 1. The molecule has 1 aromatic carbocycles. The molecule has 0 saturated carbocycles. The molecule has 0 atom stereocenters. The summed E-state index contributed by atoms with van der Waals surface area (Å²) < 4.78 is 20.1. The first-order valence-electron chi connectivity index (χ1n) is 13.2. The molecule has 0 bridgehead atoms. The fraction of sp³-hybridized carbons (Fsp3) is 0.593. The van der Waals surface area contributed by atoms with Crippen LogP contribution < -0.4 is 4.74 Å². The molecular formula is C27H37N3O9. The van der Waals surface area contributed by atoms with Crippen LogP contribution in [0.5, 0.6) is 5.75 Å². The van der Waals surface area contributed by atoms with Gasteiger partial charge in [0.15, 0.2) is 12.4 Å². The quantitative estimate of drug-likeness (QED) is 0.229. The standard InChI is InChI=1S/C27H37N3O9/c1-4-36-25(33)17-37-22-7-5-20(6-8-22)23(31)15-30-14-13-29(16-24(30)32)21-9-11-28(12-10-21)27(35)39-18-38-26(34)19(2)3/h5-8,19,21H,4,9-18H2,1-3H3. The van der Waals surface area contributed by atoms with Gasteiger partial charge in [-0.25, -0.2) is 9.59 Å². The van der Waals surface area contributed by atoms with Crippen molar-refractivity contribution in [1.29, 1.82) is 0 Å². The van der Waals surface area contributed by atoms with Gasteiger partial charge in [-0.05, 0) is 44.0 Å². The van der Waals surface area contributed by atoms with Crippen LogP contribution in [0.4, 0.5) is 4.79 Å². The van der Waals surface area contributed by atoms with E-state index in [0.717, 1.165) is 0 Å². The van der Waals surface area contributed by atoms with Gasteiger partial charge in [0, 0.05) is 37.8 Å². The molecule has 2 amide bonds. The highest BCUT2D eigenvalue weighted by Gasteiger charge is 2.33. The van der Waals surface area contributed by atoms with Gasteiger partial charge in [0.2, 0.25) is 12.7 Å². The van der Waals surface area contributed by atoms with Crippen LogP contribution in [-0.4, -0.2) is 110 Å². The van der Waals surface area contributed by atoms with Crippen molar-refractivity contribution in [3.05, 3.63) is 29.8 Å². The Morgan fingerprint density at radius 1 is 0.949 bits per heavy atom. The minimum absolute atomic E-state index is 0.0125. The van der Waals surface area contributed by atoms with E-state index in [-0.39, 0.29) is 50.0 Å². The van der Waals surface area contributed by atoms with Crippen molar-refractivity contribution in [3.63, 3.8) is 0 Å². The van der Waals surface area contributed by atoms with E-state index in [9.17, 15) is 24.0 Å². The Morgan fingerprint density at radius 3 is 2.26 bits per heavy atom. The van der Waals surface area contributed by atoms with E-state index >= 15 is 0 Å². The minimum Gasteiger partial charge on any atom is -0.482 e. The average Bonchev–Trinajstić information content (AvgIpc) is 2.93. The lowest BCUT2D eigenvalue weighted by Crippen LogP contribution is -2.56. The number of piperidine rings is 1. The maximum absolute atomic E-state index is 12.8. The highest BCUT2D eigenvalue weighted by Crippen LogP contribution is 2.20. The first-order chi connectivity index (χ1) is 18.7. The Balaban J connectivity index is 1.38. The van der Waals surface area contributed by atoms with E-state index in [0.29, 0.717) is 50.3 Å². The molecule has 0 aliphatic carbocycles. The SMILES string of the molecule is CCOC(=O)COc1ccc(C(=O)CN2CCN(C3CCN(C(=O)OCOC(=O)C(C)C)CC3)CC2=O)cc1. The van der Waals surface area contributed by atoms with E-state index < -0.39 is 24.8 Å². The molecule has 2 aliphatic heterocycles. The largest absolute Gasteiger partial charge is 0.482 e. The topological polar surface area (TPSA) is 132 Å². The van der Waals surface area contributed by atoms with Crippen molar-refractivity contribution in [1.82, 2.24) is 14.7 Å². The van der Waals surface area contributed by atoms with E-state index in [4.69, 9.17) is 18.9 Å². The van der Waals surface area contributed by atoms with Crippen molar-refractivity contribution < 1.29 is 42.9 Å². The fourth-order valence-corrected chi connectivity index (χ4v) is 4.36. The highest BCUT2D eigenvalue weighted by atomic mass is 16.7. The minimum atomic E-state index is -0.525. The lowest BCUT2D eigenvalue weighted by molar-refractivity contribution is -0.156. The number of hydrogen-bond donors (Lipinski definition) is 0. The molecule has 12 nitrogen and oxygen atoms in total. The summed E-state index contributed by atoms with van der Waals surface area (Å²) in [5.41, 5.74) is 0.451. The Bertz CT molecular complexity index is 1020. The number of carbonyl (C=O) groups is 5. The summed E-state index contributed by atoms with van der Waals surface area (Å²) in [5.74, 6) is -1.04. The van der Waals surface area contributed by atoms with Crippen LogP contribution in [0, 0.1) is 5.92 Å². The van der Waals surface area contributed by atoms with Crippen LogP contribution in [0.1, 0.15) is 44.0 Å². The summed E-state index contributed by atoms with van der Waals surface area (Å²) in [5, 5.41) is 0. The summed E-state index contributed by atoms with van der Waals surface area (Å²) in [6.45, 7) is 7.01. The first kappa shape index (κ1) is 29.9. The maximum atomic E-state index is 12.8. The third-order valence-corrected chi connectivity index (χ3v) is 6.62. The summed E-state index contributed by atoms with van der Waals surface area (Å²) in [6, 6.07) is 6.57. The molecule has 0 aromatic heterocycles. The predicted molar refractivity (Wildman–Crippen MR) is 138 cm³/mol. The molecule has 0 unspecified atom stereocenters. The van der Waals surface area contributed by atoms with Crippen LogP contribution in [-0.2, 0) is 28.6 Å². The number of benzene rings is 1. The second-order valence-electron chi connectivity index (χ2n) is 9.69. The monoisotopic (exact) mass is 547 g/mol. The molecule has 12 heteroatoms. The summed E-state index contributed by atoms with van der Waals surface area (Å²) in [7, 11) is 0. The number of ketones is 1. The molecule has 214 valence electrons. The molecule has 2 fully saturated rings. The lowest BCUT2D eigenvalue weighted by atomic mass is 10.0. The molecule has 2 aliphatic rings. The number of hydrogen-bond acceptors (Lipinski definition) is 10. The molecule has 0 N–H and O–H groups in total. The van der Waals surface area contributed by atoms with Crippen LogP contribution in [0.15, 0.2) is 24.3 Å². The highest BCUT2D eigenvalue weighted by molar-refractivity contribution is 5.99. The normalized spacial score (nSPS) is 16.7. The number of amides is 2. The number of piperazine rings is 1. The predicted octanol–water partition coefficient (Wildman–Crippen LogP) is 1.71. The van der Waals surface area contributed by atoms with Gasteiger partial charge in [-0.15, -0.1) is 0 Å². The van der Waals surface area contributed by atoms with Gasteiger partial charge in [-0.2, -0.15) is 0 Å². The molecule has 1 aromatic rings. The van der Waals surface area contributed by atoms with Crippen molar-refractivity contribution in [3.8, 4) is 5.75 Å². The Hall–Kier alpha value is -3.67. The number of likely N-dealkylation sites (tertiary alicyclic amines) is 1. The fourth-order valence-electron chi connectivity index (χ4n) is 4.36. The van der Waals surface area contributed by atoms with E-state index in [2.05, 4.69) is 4.90 Å². The zero-order chi connectivity index (χ0) is 28.4. The molecule has 0 radical (unpaired) electrons. The summed E-state index contributed by atoms with van der Waals surface area (Å²) in [6.07, 6.45) is 0.859. The zero-order valence-corrected chi connectivity index (χ0v) is 22.8. The van der Waals surface area contributed by atoms with Gasteiger partial charge >= 0.3 is 18.0 Å². The van der Waals surface area contributed by atoms with Crippen molar-refractivity contribution >= 4 is 29.7 Å². The third-order valence-electron chi connectivity index (χ3n) is 6.62. The van der Waals surface area contributed by atoms with Crippen LogP contribution in [0.3, 0.4) is 0 Å². The number of rotatable bonds is 11. The second kappa shape index (κ2) is 14.5. The number of carbonyl (C=O) groups excluding carboxylic acids is 5.